The van der Waals surface area contributed by atoms with E-state index in [0.717, 1.165) is 68.3 Å². The number of allylic oxidation sites excluding steroid dienone is 2. The van der Waals surface area contributed by atoms with Crippen LogP contribution in [-0.2, 0) is 36.4 Å². The van der Waals surface area contributed by atoms with Gasteiger partial charge in [0.2, 0.25) is 11.3 Å². The highest BCUT2D eigenvalue weighted by molar-refractivity contribution is 7.66. The van der Waals surface area contributed by atoms with Gasteiger partial charge in [-0.25, -0.2) is 28.2 Å². The Morgan fingerprint density at radius 3 is 2.38 bits per heavy atom. The van der Waals surface area contributed by atoms with Gasteiger partial charge >= 0.3 is 23.5 Å². The van der Waals surface area contributed by atoms with Gasteiger partial charge in [-0.05, 0) is 88.9 Å². The van der Waals surface area contributed by atoms with Gasteiger partial charge in [0.05, 0.1) is 41.8 Å². The lowest BCUT2D eigenvalue weighted by atomic mass is 9.83. The van der Waals surface area contributed by atoms with Crippen molar-refractivity contribution in [1.29, 1.82) is 0 Å². The zero-order valence-corrected chi connectivity index (χ0v) is 48.9. The van der Waals surface area contributed by atoms with Crippen molar-refractivity contribution in [2.45, 2.75) is 104 Å². The van der Waals surface area contributed by atoms with Gasteiger partial charge in [0.1, 0.15) is 48.2 Å². The fraction of sp³-hybridized carbons (Fsp3) is 0.400. The van der Waals surface area contributed by atoms with Crippen molar-refractivity contribution in [1.82, 2.24) is 29.3 Å². The summed E-state index contributed by atoms with van der Waals surface area (Å²) in [5.41, 5.74) is 15.0. The summed E-state index contributed by atoms with van der Waals surface area (Å²) >= 11 is 0. The minimum absolute atomic E-state index is 0.0621. The van der Waals surface area contributed by atoms with Crippen molar-refractivity contribution in [2.24, 2.45) is 0 Å². The van der Waals surface area contributed by atoms with Crippen LogP contribution < -0.4 is 35.8 Å². The molecule has 81 heavy (non-hydrogen) atoms. The van der Waals surface area contributed by atoms with Crippen LogP contribution in [0.25, 0.3) is 27.8 Å². The van der Waals surface area contributed by atoms with Crippen LogP contribution in [0.15, 0.2) is 73.2 Å². The molecule has 26 heteroatoms. The maximum atomic E-state index is 14.7. The number of carbonyl (C=O) groups is 2. The van der Waals surface area contributed by atoms with E-state index in [1.807, 2.05) is 24.3 Å². The Morgan fingerprint density at radius 2 is 1.67 bits per heavy atom. The van der Waals surface area contributed by atoms with Crippen LogP contribution >= 0.6 is 23.5 Å². The van der Waals surface area contributed by atoms with Crippen molar-refractivity contribution in [2.75, 3.05) is 50.5 Å². The average molecular weight is 1170 g/mol. The second-order valence-corrected chi connectivity index (χ2v) is 25.8. The van der Waals surface area contributed by atoms with Gasteiger partial charge in [0.15, 0.2) is 5.54 Å². The molecule has 0 bridgehead atoms. The molecule has 0 spiro atoms. The Labute approximate surface area is 467 Å². The number of likely N-dealkylation sites (N-methyl/N-ethyl adjacent to an activating group) is 2. The number of amides is 2. The van der Waals surface area contributed by atoms with Crippen LogP contribution in [-0.4, -0.2) is 119 Å². The Hall–Kier alpha value is -6.34. The van der Waals surface area contributed by atoms with Crippen molar-refractivity contribution in [3.8, 4) is 23.3 Å². The molecule has 1 saturated heterocycles. The number of nitrogens with one attached hydrogen (secondary N) is 1. The molecule has 6 heterocycles. The van der Waals surface area contributed by atoms with Crippen LogP contribution in [0.1, 0.15) is 119 Å². The lowest BCUT2D eigenvalue weighted by molar-refractivity contribution is -0.121. The van der Waals surface area contributed by atoms with Crippen LogP contribution in [0.3, 0.4) is 0 Å². The number of hydrogen-bond donors (Lipinski definition) is 7. The van der Waals surface area contributed by atoms with Gasteiger partial charge in [-0.15, -0.1) is 0 Å². The van der Waals surface area contributed by atoms with Crippen LogP contribution in [0.2, 0.25) is 0 Å². The van der Waals surface area contributed by atoms with E-state index in [9.17, 15) is 38.2 Å². The number of phosphoric ester groups is 1. The van der Waals surface area contributed by atoms with Crippen molar-refractivity contribution in [3.05, 3.63) is 117 Å². The molecule has 2 aromatic heterocycles. The normalized spacial score (nSPS) is 20.3. The number of benzene rings is 3. The molecule has 2 amide bonds. The summed E-state index contributed by atoms with van der Waals surface area (Å²) in [5.74, 6) is 6.85. The average Bonchev–Trinajstić information content (AvgIpc) is 2.74. The lowest BCUT2D eigenvalue weighted by Crippen LogP contribution is -2.49. The topological polar surface area (TPSA) is 311 Å². The maximum Gasteiger partial charge on any atom is 0.490 e. The van der Waals surface area contributed by atoms with Gasteiger partial charge in [-0.1, -0.05) is 36.1 Å². The van der Waals surface area contributed by atoms with E-state index in [2.05, 4.69) is 142 Å². The summed E-state index contributed by atoms with van der Waals surface area (Å²) in [7, 11) is -15.1. The highest BCUT2D eigenvalue weighted by Gasteiger charge is 2.44. The quantitative estimate of drug-likeness (QED) is 0.0308. The van der Waals surface area contributed by atoms with Crippen molar-refractivity contribution in [3.63, 3.8) is 0 Å². The Kier molecular flexibility index (Phi) is 16.4. The van der Waals surface area contributed by atoms with E-state index < -0.39 is 48.5 Å². The summed E-state index contributed by atoms with van der Waals surface area (Å²) in [4.78, 5) is 77.3. The fourth-order valence-corrected chi connectivity index (χ4v) is 14.5. The zero-order valence-electron chi connectivity index (χ0n) is 46.2. The molecule has 4 aliphatic heterocycles. The number of hydrogen-bond acceptors (Lipinski definition) is 15. The first kappa shape index (κ1) is 59.3. The number of nitrogens with zero attached hydrogens (tertiary/aromatic N) is 6. The fourth-order valence-electron chi connectivity index (χ4n) is 11.4. The first-order valence-electron chi connectivity index (χ1n) is 26.2. The number of aliphatic hydroxyl groups is 1. The molecule has 430 valence electrons. The standard InChI is InChI=1S/C55H65N8O15P3/c1-10-62-41-24-44-39(22-37(41)32(3)27-54(62,5)6)50(40-23-38-33(4)28-55(7,8)63(11-2)42(38)25-45(40)75-44)35-17-12-13-18-36(35)53(66)60(9)21-15-19-47(65)57-20-14-16-34-29-61(52-49(34)51(56)58-31-59-52)48-26-43(64)46(76-48)30-74-80(70,71)78-81(72,73)77-79(67,68)69/h12-13,17-18,22-25,27-29,31,43,46,48,64H,10-11,15,19-21,26,30H2,1-9H3,(H6-,56,57,58,59,65,67,68,69,70,71,72,73)/p+1/t43-,46+,48+/m0/s1. The van der Waals surface area contributed by atoms with E-state index in [4.69, 9.17) is 25.0 Å². The third kappa shape index (κ3) is 12.3. The first-order chi connectivity index (χ1) is 38.0. The molecule has 1 fully saturated rings. The molecule has 0 radical (unpaired) electrons. The molecule has 9 rings (SSSR count). The smallest absolute Gasteiger partial charge is 0.456 e. The molecule has 2 unspecified atom stereocenters. The third-order valence-corrected chi connectivity index (χ3v) is 18.6. The van der Waals surface area contributed by atoms with Crippen molar-refractivity contribution < 1.29 is 70.6 Å². The summed E-state index contributed by atoms with van der Waals surface area (Å²) in [6.07, 6.45) is 4.04. The highest BCUT2D eigenvalue weighted by atomic mass is 31.3. The number of fused-ring (bicyclic) bond motifs is 5. The number of phosphoric acid groups is 3. The number of carbonyl (C=O) groups excluding carboxylic acids is 2. The number of nitrogen functional groups attached to an aromatic ring is 1. The molecular formula is C55H66N8O15P3+. The SMILES string of the molecule is CCN1c2cc3c(cc2C(C)=CC1(C)C)C(c1ccccc1C(=O)N(C)CCCC(=O)NCC#Cc1cn([C@H]2C[C@H](O)[C@@H](COP(=O)(O)OP(=O)(O)OP(=O)(O)O)O2)c2ncnc(N)c12)=c1cc2c(cc1O3)=[N+](CC)C(C)(C)C=C2C. The summed E-state index contributed by atoms with van der Waals surface area (Å²) < 4.78 is 63.9. The molecule has 5 aromatic rings. The summed E-state index contributed by atoms with van der Waals surface area (Å²) in [5, 5.41) is 15.9. The number of aliphatic hydroxyl groups excluding tert-OH is 1. The van der Waals surface area contributed by atoms with Gasteiger partial charge < -0.3 is 59.6 Å². The second kappa shape index (κ2) is 22.4. The molecule has 4 aliphatic rings. The van der Waals surface area contributed by atoms with Gasteiger partial charge in [-0.2, -0.15) is 8.62 Å². The molecule has 0 aliphatic carbocycles. The van der Waals surface area contributed by atoms with Gasteiger partial charge in [0, 0.05) is 97.8 Å². The van der Waals surface area contributed by atoms with E-state index >= 15 is 0 Å². The largest absolute Gasteiger partial charge is 0.490 e. The number of anilines is 2. The predicted octanol–water partition coefficient (Wildman–Crippen LogP) is 6.11. The summed E-state index contributed by atoms with van der Waals surface area (Å²) in [6.45, 7) is 18.4. The minimum atomic E-state index is -5.77. The van der Waals surface area contributed by atoms with E-state index in [1.165, 1.54) is 17.1 Å². The number of ether oxygens (including phenoxy) is 2. The Balaban J connectivity index is 0.896. The van der Waals surface area contributed by atoms with E-state index in [1.54, 1.807) is 11.9 Å². The maximum absolute atomic E-state index is 14.7. The van der Waals surface area contributed by atoms with Crippen LogP contribution in [0.4, 0.5) is 11.5 Å². The Morgan fingerprint density at radius 1 is 0.938 bits per heavy atom. The summed E-state index contributed by atoms with van der Waals surface area (Å²) in [6, 6.07) is 16.4. The molecule has 23 nitrogen and oxygen atoms in total. The molecular weight excluding hydrogens is 1110 g/mol. The second-order valence-electron chi connectivity index (χ2n) is 21.3. The number of rotatable bonds is 17. The molecule has 5 atom stereocenters. The molecule has 3 aromatic carbocycles. The van der Waals surface area contributed by atoms with Gasteiger partial charge in [-0.3, -0.25) is 14.1 Å². The van der Waals surface area contributed by atoms with E-state index in [-0.39, 0.29) is 60.3 Å². The lowest BCUT2D eigenvalue weighted by Gasteiger charge is -2.43. The highest BCUT2D eigenvalue weighted by Crippen LogP contribution is 2.66. The molecule has 0 saturated carbocycles. The predicted molar refractivity (Wildman–Crippen MR) is 303 cm³/mol. The van der Waals surface area contributed by atoms with E-state index in [0.29, 0.717) is 34.4 Å². The monoisotopic (exact) mass is 1170 g/mol. The number of nitrogens with two attached hydrogens (primary N) is 1. The van der Waals surface area contributed by atoms with Crippen molar-refractivity contribution >= 4 is 74.5 Å². The number of aromatic nitrogens is 3. The first-order valence-corrected chi connectivity index (χ1v) is 30.7. The molecule has 8 N–H and O–H groups in total. The Bertz CT molecular complexity index is 3820. The zero-order chi connectivity index (χ0) is 58.7. The van der Waals surface area contributed by atoms with Crippen LogP contribution in [0, 0.1) is 11.8 Å². The minimum Gasteiger partial charge on any atom is -0.456 e. The van der Waals surface area contributed by atoms with Crippen LogP contribution in [0.5, 0.6) is 11.5 Å². The third-order valence-electron chi connectivity index (χ3n) is 14.8. The van der Waals surface area contributed by atoms with Gasteiger partial charge in [0.25, 0.3) is 5.91 Å².